The van der Waals surface area contributed by atoms with Gasteiger partial charge in [0.25, 0.3) is 0 Å². The highest BCUT2D eigenvalue weighted by Crippen LogP contribution is 2.54. The van der Waals surface area contributed by atoms with Gasteiger partial charge in [-0.05, 0) is 30.7 Å². The topological polar surface area (TPSA) is 23.8 Å². The maximum Gasteiger partial charge on any atom is 0.418 e. The van der Waals surface area contributed by atoms with Gasteiger partial charge in [0, 0.05) is 19.6 Å². The van der Waals surface area contributed by atoms with E-state index in [1.165, 1.54) is 36.5 Å². The van der Waals surface area contributed by atoms with Crippen molar-refractivity contribution < 1.29 is 13.2 Å². The van der Waals surface area contributed by atoms with Crippen molar-refractivity contribution >= 4 is 46.7 Å². The lowest BCUT2D eigenvalue weighted by molar-refractivity contribution is -0.138. The molecule has 0 radical (unpaired) electrons. The molecule has 0 aromatic heterocycles. The van der Waals surface area contributed by atoms with E-state index in [0.29, 0.717) is 15.4 Å². The van der Waals surface area contributed by atoms with Gasteiger partial charge in [-0.15, -0.1) is 0 Å². The largest absolute Gasteiger partial charge is 0.418 e. The van der Waals surface area contributed by atoms with E-state index in [-0.39, 0.29) is 15.6 Å². The second kappa shape index (κ2) is 5.82. The number of rotatable bonds is 0. The van der Waals surface area contributed by atoms with Crippen LogP contribution in [-0.4, -0.2) is 0 Å². The van der Waals surface area contributed by atoms with Crippen molar-refractivity contribution in [2.24, 2.45) is 0 Å². The molecule has 0 bridgehead atoms. The van der Waals surface area contributed by atoms with E-state index < -0.39 is 11.7 Å². The van der Waals surface area contributed by atoms with Gasteiger partial charge in [-0.25, -0.2) is 0 Å². The Morgan fingerprint density at radius 1 is 1.00 bits per heavy atom. The molecule has 23 heavy (non-hydrogen) atoms. The minimum atomic E-state index is -4.51. The van der Waals surface area contributed by atoms with E-state index in [0.717, 1.165) is 9.79 Å². The first kappa shape index (κ1) is 16.8. The molecule has 118 valence electrons. The number of nitriles is 1. The highest BCUT2D eigenvalue weighted by atomic mass is 35.5. The van der Waals surface area contributed by atoms with Crippen molar-refractivity contribution in [1.82, 2.24) is 0 Å². The molecule has 0 N–H and O–H groups in total. The Morgan fingerprint density at radius 2 is 1.61 bits per heavy atom. The first-order valence-electron chi connectivity index (χ1n) is 6.22. The minimum Gasteiger partial charge on any atom is -0.192 e. The summed E-state index contributed by atoms with van der Waals surface area (Å²) in [7, 11) is 0. The quantitative estimate of drug-likeness (QED) is 0.420. The number of hydrogen-bond acceptors (Lipinski definition) is 3. The fraction of sp³-hybridized carbons (Fsp3) is 0.133. The van der Waals surface area contributed by atoms with Crippen LogP contribution in [-0.2, 0) is 6.18 Å². The lowest BCUT2D eigenvalue weighted by atomic mass is 10.1. The highest BCUT2D eigenvalue weighted by molar-refractivity contribution is 8.05. The summed E-state index contributed by atoms with van der Waals surface area (Å²) in [5.74, 6) is 0. The number of hydrogen-bond donors (Lipinski definition) is 0. The van der Waals surface area contributed by atoms with Gasteiger partial charge in [0.05, 0.1) is 21.2 Å². The SMILES string of the molecule is Cc1c2c(cc(Cl)c1C(F)(F)F)Sc1cc(C#N)c(Cl)cc1S2. The number of halogens is 5. The van der Waals surface area contributed by atoms with Crippen molar-refractivity contribution in [2.75, 3.05) is 0 Å². The van der Waals surface area contributed by atoms with Crippen molar-refractivity contribution in [1.29, 1.82) is 5.26 Å². The van der Waals surface area contributed by atoms with E-state index in [9.17, 15) is 13.2 Å². The molecule has 0 atom stereocenters. The molecular formula is C15H6Cl2F3NS2. The second-order valence-electron chi connectivity index (χ2n) is 4.78. The summed E-state index contributed by atoms with van der Waals surface area (Å²) >= 11 is 14.4. The number of alkyl halides is 3. The molecular weight excluding hydrogens is 386 g/mol. The van der Waals surface area contributed by atoms with Crippen LogP contribution in [0.3, 0.4) is 0 Å². The third kappa shape index (κ3) is 2.91. The molecule has 0 saturated heterocycles. The molecule has 0 fully saturated rings. The number of fused-ring (bicyclic) bond motifs is 2. The van der Waals surface area contributed by atoms with Crippen LogP contribution in [0.4, 0.5) is 13.2 Å². The Labute approximate surface area is 148 Å². The smallest absolute Gasteiger partial charge is 0.192 e. The summed E-state index contributed by atoms with van der Waals surface area (Å²) in [5, 5.41) is 9.00. The Bertz CT molecular complexity index is 873. The maximum absolute atomic E-state index is 13.2. The molecule has 1 nitrogen and oxygen atoms in total. The van der Waals surface area contributed by atoms with Gasteiger partial charge in [0.1, 0.15) is 6.07 Å². The standard InChI is InChI=1S/C15H6Cl2F3NS2/c1-6-13(15(18,19)20)9(17)4-12-14(6)23-11-3-8(16)7(5-21)2-10(11)22-12/h2-4H,1H3. The molecule has 0 spiro atoms. The average molecular weight is 392 g/mol. The Hall–Kier alpha value is -1.00. The van der Waals surface area contributed by atoms with E-state index in [4.69, 9.17) is 28.5 Å². The minimum absolute atomic E-state index is 0.101. The van der Waals surface area contributed by atoms with Crippen LogP contribution in [0.5, 0.6) is 0 Å². The van der Waals surface area contributed by atoms with Crippen LogP contribution in [0.1, 0.15) is 16.7 Å². The number of nitrogens with zero attached hydrogens (tertiary/aromatic N) is 1. The highest BCUT2D eigenvalue weighted by Gasteiger charge is 2.37. The fourth-order valence-corrected chi connectivity index (χ4v) is 5.45. The summed E-state index contributed by atoms with van der Waals surface area (Å²) in [6, 6.07) is 6.57. The first-order valence-corrected chi connectivity index (χ1v) is 8.61. The Kier molecular flexibility index (Phi) is 4.26. The van der Waals surface area contributed by atoms with Crippen LogP contribution in [0.25, 0.3) is 0 Å². The average Bonchev–Trinajstić information content (AvgIpc) is 2.43. The fourth-order valence-electron chi connectivity index (χ4n) is 2.29. The first-order chi connectivity index (χ1) is 10.7. The van der Waals surface area contributed by atoms with E-state index in [2.05, 4.69) is 0 Å². The molecule has 2 aromatic carbocycles. The molecule has 1 heterocycles. The van der Waals surface area contributed by atoms with E-state index >= 15 is 0 Å². The summed E-state index contributed by atoms with van der Waals surface area (Å²) < 4.78 is 39.5. The second-order valence-corrected chi connectivity index (χ2v) is 7.73. The zero-order valence-corrected chi connectivity index (χ0v) is 14.5. The van der Waals surface area contributed by atoms with Gasteiger partial charge >= 0.3 is 6.18 Å². The third-order valence-electron chi connectivity index (χ3n) is 3.31. The van der Waals surface area contributed by atoms with Crippen LogP contribution in [0.2, 0.25) is 10.0 Å². The Morgan fingerprint density at radius 3 is 2.22 bits per heavy atom. The normalized spacial score (nSPS) is 13.3. The summed E-state index contributed by atoms with van der Waals surface area (Å²) in [6.45, 7) is 1.41. The van der Waals surface area contributed by atoms with Gasteiger partial charge in [0.15, 0.2) is 0 Å². The molecule has 1 aliphatic rings. The monoisotopic (exact) mass is 391 g/mol. The lowest BCUT2D eigenvalue weighted by Crippen LogP contribution is -2.10. The van der Waals surface area contributed by atoms with Crippen LogP contribution in [0.15, 0.2) is 37.8 Å². The van der Waals surface area contributed by atoms with Gasteiger partial charge in [-0.1, -0.05) is 46.7 Å². The zero-order valence-electron chi connectivity index (χ0n) is 11.4. The molecule has 3 rings (SSSR count). The van der Waals surface area contributed by atoms with Crippen molar-refractivity contribution in [3.05, 3.63) is 44.9 Å². The maximum atomic E-state index is 13.2. The molecule has 1 aliphatic heterocycles. The van der Waals surface area contributed by atoms with Gasteiger partial charge in [-0.3, -0.25) is 0 Å². The predicted molar refractivity (Wildman–Crippen MR) is 85.6 cm³/mol. The summed E-state index contributed by atoms with van der Waals surface area (Å²) in [5.41, 5.74) is -0.380. The molecule has 0 saturated carbocycles. The Balaban J connectivity index is 2.17. The van der Waals surface area contributed by atoms with Crippen molar-refractivity contribution in [2.45, 2.75) is 32.7 Å². The molecule has 2 aromatic rings. The summed E-state index contributed by atoms with van der Waals surface area (Å²) in [6.07, 6.45) is -4.51. The van der Waals surface area contributed by atoms with Crippen molar-refractivity contribution in [3.8, 4) is 6.07 Å². The van der Waals surface area contributed by atoms with Crippen molar-refractivity contribution in [3.63, 3.8) is 0 Å². The van der Waals surface area contributed by atoms with Gasteiger partial charge < -0.3 is 0 Å². The third-order valence-corrected chi connectivity index (χ3v) is 6.56. The zero-order chi connectivity index (χ0) is 16.9. The van der Waals surface area contributed by atoms with Crippen LogP contribution >= 0.6 is 46.7 Å². The lowest BCUT2D eigenvalue weighted by Gasteiger charge is -2.23. The molecule has 0 unspecified atom stereocenters. The molecule has 8 heteroatoms. The van der Waals surface area contributed by atoms with Crippen LogP contribution in [0, 0.1) is 18.3 Å². The predicted octanol–water partition coefficient (Wildman–Crippen LogP) is 6.81. The van der Waals surface area contributed by atoms with E-state index in [1.807, 2.05) is 6.07 Å². The molecule has 0 aliphatic carbocycles. The van der Waals surface area contributed by atoms with E-state index in [1.54, 1.807) is 12.1 Å². The van der Waals surface area contributed by atoms with Gasteiger partial charge in [0.2, 0.25) is 0 Å². The number of benzene rings is 2. The van der Waals surface area contributed by atoms with Gasteiger partial charge in [-0.2, -0.15) is 18.4 Å². The molecule has 0 amide bonds. The van der Waals surface area contributed by atoms with Crippen LogP contribution < -0.4 is 0 Å². The summed E-state index contributed by atoms with van der Waals surface area (Å²) in [4.78, 5) is 2.66.